The van der Waals surface area contributed by atoms with Crippen LogP contribution >= 0.6 is 0 Å². The molecule has 0 spiro atoms. The van der Waals surface area contributed by atoms with E-state index in [1.54, 1.807) is 0 Å². The first-order valence-corrected chi connectivity index (χ1v) is 8.42. The SMILES string of the molecule is Cc1ccc2c(c1)CCCN2CC(C)(C)CNCC(C)C. The smallest absolute Gasteiger partial charge is 0.0399 e. The zero-order valence-corrected chi connectivity index (χ0v) is 14.5. The lowest BCUT2D eigenvalue weighted by atomic mass is 9.90. The number of aryl methyl sites for hydroxylation is 2. The molecular weight excluding hydrogens is 256 g/mol. The van der Waals surface area contributed by atoms with Crippen molar-refractivity contribution in [3.05, 3.63) is 29.3 Å². The van der Waals surface area contributed by atoms with Crippen molar-refractivity contribution in [2.75, 3.05) is 31.1 Å². The first kappa shape index (κ1) is 16.4. The van der Waals surface area contributed by atoms with Gasteiger partial charge in [-0.15, -0.1) is 0 Å². The van der Waals surface area contributed by atoms with Crippen LogP contribution in [0.3, 0.4) is 0 Å². The molecule has 1 N–H and O–H groups in total. The van der Waals surface area contributed by atoms with Gasteiger partial charge in [-0.3, -0.25) is 0 Å². The second-order valence-electron chi connectivity index (χ2n) is 7.85. The summed E-state index contributed by atoms with van der Waals surface area (Å²) in [5.74, 6) is 0.722. The molecule has 0 saturated carbocycles. The Morgan fingerprint density at radius 2 is 2.05 bits per heavy atom. The summed E-state index contributed by atoms with van der Waals surface area (Å²) in [6.45, 7) is 16.0. The Bertz CT molecular complexity index is 463. The topological polar surface area (TPSA) is 15.3 Å². The van der Waals surface area contributed by atoms with E-state index in [0.29, 0.717) is 5.41 Å². The van der Waals surface area contributed by atoms with Gasteiger partial charge in [-0.1, -0.05) is 45.4 Å². The molecule has 1 aromatic carbocycles. The van der Waals surface area contributed by atoms with Crippen molar-refractivity contribution in [3.63, 3.8) is 0 Å². The van der Waals surface area contributed by atoms with Crippen LogP contribution in [0, 0.1) is 18.3 Å². The number of anilines is 1. The van der Waals surface area contributed by atoms with Crippen LogP contribution < -0.4 is 10.2 Å². The molecule has 1 aliphatic heterocycles. The summed E-state index contributed by atoms with van der Waals surface area (Å²) in [5.41, 5.74) is 4.68. The van der Waals surface area contributed by atoms with Gasteiger partial charge < -0.3 is 10.2 Å². The minimum absolute atomic E-state index is 0.300. The van der Waals surface area contributed by atoms with E-state index in [1.807, 2.05) is 0 Å². The summed E-state index contributed by atoms with van der Waals surface area (Å²) in [6.07, 6.45) is 2.52. The molecule has 0 saturated heterocycles. The minimum atomic E-state index is 0.300. The Morgan fingerprint density at radius 3 is 2.76 bits per heavy atom. The van der Waals surface area contributed by atoms with Crippen LogP contribution in [0.25, 0.3) is 0 Å². The molecule has 0 aliphatic carbocycles. The summed E-state index contributed by atoms with van der Waals surface area (Å²) < 4.78 is 0. The Hall–Kier alpha value is -1.02. The zero-order chi connectivity index (χ0) is 15.5. The van der Waals surface area contributed by atoms with Crippen LogP contribution in [0.5, 0.6) is 0 Å². The van der Waals surface area contributed by atoms with Crippen LogP contribution in [0.4, 0.5) is 5.69 Å². The van der Waals surface area contributed by atoms with Crippen molar-refractivity contribution in [2.45, 2.75) is 47.5 Å². The molecule has 0 amide bonds. The highest BCUT2D eigenvalue weighted by molar-refractivity contribution is 5.56. The average molecular weight is 288 g/mol. The lowest BCUT2D eigenvalue weighted by Crippen LogP contribution is -2.43. The largest absolute Gasteiger partial charge is 0.371 e. The van der Waals surface area contributed by atoms with Crippen molar-refractivity contribution >= 4 is 5.69 Å². The number of rotatable bonds is 6. The van der Waals surface area contributed by atoms with Crippen LogP contribution in [-0.2, 0) is 6.42 Å². The van der Waals surface area contributed by atoms with Gasteiger partial charge in [0.2, 0.25) is 0 Å². The molecule has 0 radical (unpaired) electrons. The van der Waals surface area contributed by atoms with Crippen LogP contribution in [-0.4, -0.2) is 26.2 Å². The highest BCUT2D eigenvalue weighted by Gasteiger charge is 2.25. The third-order valence-electron chi connectivity index (χ3n) is 4.22. The van der Waals surface area contributed by atoms with Gasteiger partial charge >= 0.3 is 0 Å². The summed E-state index contributed by atoms with van der Waals surface area (Å²) in [5, 5.41) is 3.62. The maximum absolute atomic E-state index is 3.62. The normalized spacial score (nSPS) is 15.4. The highest BCUT2D eigenvalue weighted by Crippen LogP contribution is 2.30. The first-order valence-electron chi connectivity index (χ1n) is 8.42. The van der Waals surface area contributed by atoms with Crippen LogP contribution in [0.2, 0.25) is 0 Å². The maximum atomic E-state index is 3.62. The Morgan fingerprint density at radius 1 is 1.29 bits per heavy atom. The highest BCUT2D eigenvalue weighted by atomic mass is 15.1. The Balaban J connectivity index is 2.00. The number of benzene rings is 1. The average Bonchev–Trinajstić information content (AvgIpc) is 2.37. The molecule has 1 heterocycles. The van der Waals surface area contributed by atoms with Gasteiger partial charge in [-0.2, -0.15) is 0 Å². The van der Waals surface area contributed by atoms with Gasteiger partial charge in [0.1, 0.15) is 0 Å². The molecule has 2 rings (SSSR count). The summed E-state index contributed by atoms with van der Waals surface area (Å²) >= 11 is 0. The Kier molecular flexibility index (Phi) is 5.32. The summed E-state index contributed by atoms with van der Waals surface area (Å²) in [4.78, 5) is 2.59. The van der Waals surface area contributed by atoms with Gasteiger partial charge in [0.25, 0.3) is 0 Å². The van der Waals surface area contributed by atoms with E-state index in [9.17, 15) is 0 Å². The van der Waals surface area contributed by atoms with Gasteiger partial charge in [0, 0.05) is 25.3 Å². The van der Waals surface area contributed by atoms with Crippen LogP contribution in [0.1, 0.15) is 45.2 Å². The molecule has 2 nitrogen and oxygen atoms in total. The first-order chi connectivity index (χ1) is 9.87. The molecule has 1 aliphatic rings. The molecule has 1 aromatic rings. The number of hydrogen-bond acceptors (Lipinski definition) is 2. The third kappa shape index (κ3) is 4.74. The Labute approximate surface area is 130 Å². The fourth-order valence-corrected chi connectivity index (χ4v) is 3.24. The lowest BCUT2D eigenvalue weighted by molar-refractivity contribution is 0.331. The molecule has 0 bridgehead atoms. The fraction of sp³-hybridized carbons (Fsp3) is 0.684. The third-order valence-corrected chi connectivity index (χ3v) is 4.22. The second-order valence-corrected chi connectivity index (χ2v) is 7.85. The molecule has 0 unspecified atom stereocenters. The monoisotopic (exact) mass is 288 g/mol. The van der Waals surface area contributed by atoms with E-state index in [2.05, 4.69) is 63.0 Å². The molecule has 0 atom stereocenters. The molecule has 0 aromatic heterocycles. The van der Waals surface area contributed by atoms with Gasteiger partial charge in [-0.05, 0) is 49.3 Å². The van der Waals surface area contributed by atoms with Gasteiger partial charge in [0.15, 0.2) is 0 Å². The van der Waals surface area contributed by atoms with E-state index in [-0.39, 0.29) is 0 Å². The van der Waals surface area contributed by atoms with Crippen molar-refractivity contribution in [1.82, 2.24) is 5.32 Å². The van der Waals surface area contributed by atoms with E-state index in [0.717, 1.165) is 25.6 Å². The molecule has 21 heavy (non-hydrogen) atoms. The number of nitrogens with one attached hydrogen (secondary N) is 1. The van der Waals surface area contributed by atoms with E-state index in [1.165, 1.54) is 36.2 Å². The number of fused-ring (bicyclic) bond motifs is 1. The minimum Gasteiger partial charge on any atom is -0.371 e. The van der Waals surface area contributed by atoms with Crippen molar-refractivity contribution in [2.24, 2.45) is 11.3 Å². The number of hydrogen-bond donors (Lipinski definition) is 1. The number of nitrogens with zero attached hydrogens (tertiary/aromatic N) is 1. The summed E-state index contributed by atoms with van der Waals surface area (Å²) in [6, 6.07) is 6.94. The zero-order valence-electron chi connectivity index (χ0n) is 14.5. The fourth-order valence-electron chi connectivity index (χ4n) is 3.24. The standard InChI is InChI=1S/C19H32N2/c1-15(2)12-20-13-19(4,5)14-21-10-6-7-17-11-16(3)8-9-18(17)21/h8-9,11,15,20H,6-7,10,12-14H2,1-5H3. The van der Waals surface area contributed by atoms with Crippen LogP contribution in [0.15, 0.2) is 18.2 Å². The maximum Gasteiger partial charge on any atom is 0.0399 e. The lowest BCUT2D eigenvalue weighted by Gasteiger charge is -2.38. The van der Waals surface area contributed by atoms with Gasteiger partial charge in [-0.25, -0.2) is 0 Å². The predicted octanol–water partition coefficient (Wildman–Crippen LogP) is 4.02. The van der Waals surface area contributed by atoms with Crippen molar-refractivity contribution < 1.29 is 0 Å². The summed E-state index contributed by atoms with van der Waals surface area (Å²) in [7, 11) is 0. The molecule has 118 valence electrons. The van der Waals surface area contributed by atoms with Crippen molar-refractivity contribution in [3.8, 4) is 0 Å². The quantitative estimate of drug-likeness (QED) is 0.850. The van der Waals surface area contributed by atoms with E-state index >= 15 is 0 Å². The second kappa shape index (κ2) is 6.83. The molecule has 2 heteroatoms. The molecular formula is C19H32N2. The van der Waals surface area contributed by atoms with E-state index in [4.69, 9.17) is 0 Å². The predicted molar refractivity (Wildman–Crippen MR) is 93.2 cm³/mol. The van der Waals surface area contributed by atoms with Gasteiger partial charge in [0.05, 0.1) is 0 Å². The molecule has 0 fully saturated rings. The van der Waals surface area contributed by atoms with E-state index < -0.39 is 0 Å². The van der Waals surface area contributed by atoms with Crippen molar-refractivity contribution in [1.29, 1.82) is 0 Å².